The normalized spacial score (nSPS) is 20.8. The van der Waals surface area contributed by atoms with Crippen molar-refractivity contribution in [2.45, 2.75) is 13.8 Å². The van der Waals surface area contributed by atoms with Gasteiger partial charge in [-0.1, -0.05) is 19.7 Å². The Bertz CT molecular complexity index is 271. The first kappa shape index (κ1) is 12.0. The van der Waals surface area contributed by atoms with Crippen molar-refractivity contribution in [3.63, 3.8) is 0 Å². The number of nitrogens with zero attached hydrogens (tertiary/aromatic N) is 2. The van der Waals surface area contributed by atoms with Crippen LogP contribution < -0.4 is 0 Å². The van der Waals surface area contributed by atoms with Crippen LogP contribution >= 0.6 is 0 Å². The Morgan fingerprint density at radius 1 is 1.50 bits per heavy atom. The maximum atomic E-state index is 10.9. The van der Waals surface area contributed by atoms with E-state index in [-0.39, 0.29) is 31.1 Å². The molecule has 0 saturated carbocycles. The third kappa shape index (κ3) is 3.19. The summed E-state index contributed by atoms with van der Waals surface area (Å²) in [5.74, 6) is 0.616. The third-order valence-corrected chi connectivity index (χ3v) is 2.54. The van der Waals surface area contributed by atoms with Crippen LogP contribution in [0.15, 0.2) is 4.99 Å². The summed E-state index contributed by atoms with van der Waals surface area (Å²) < 4.78 is 25.4. The maximum Gasteiger partial charge on any atom is 0.172 e. The minimum Gasteiger partial charge on any atom is -0.467 e. The van der Waals surface area contributed by atoms with Crippen LogP contribution in [-0.4, -0.2) is 26.6 Å². The van der Waals surface area contributed by atoms with E-state index >= 15 is 0 Å². The summed E-state index contributed by atoms with van der Waals surface area (Å²) in [7, 11) is -3.18. The minimum absolute atomic E-state index is 0. The van der Waals surface area contributed by atoms with Crippen LogP contribution in [0.3, 0.4) is 0 Å². The van der Waals surface area contributed by atoms with Crippen LogP contribution in [0.5, 0.6) is 0 Å². The van der Waals surface area contributed by atoms with Crippen molar-refractivity contribution >= 4 is 15.9 Å². The molecule has 1 aliphatic rings. The zero-order valence-electron chi connectivity index (χ0n) is 6.94. The molecule has 0 aromatic heterocycles. The monoisotopic (exact) mass is 278 g/mol. The Kier molecular flexibility index (Phi) is 4.34. The van der Waals surface area contributed by atoms with Gasteiger partial charge in [-0.25, -0.2) is 8.42 Å². The van der Waals surface area contributed by atoms with Gasteiger partial charge in [-0.2, -0.15) is 0 Å². The molecule has 0 fully saturated rings. The van der Waals surface area contributed by atoms with Crippen molar-refractivity contribution in [3.8, 4) is 0 Å². The Hall–Kier alpha value is 0.0434. The Morgan fingerprint density at radius 3 is 2.42 bits per heavy atom. The first-order chi connectivity index (χ1) is 5.01. The van der Waals surface area contributed by atoms with E-state index in [4.69, 9.17) is 0 Å². The van der Waals surface area contributed by atoms with Gasteiger partial charge < -0.3 is 9.71 Å². The zero-order chi connectivity index (χ0) is 8.48. The molecule has 1 heterocycles. The van der Waals surface area contributed by atoms with Crippen molar-refractivity contribution in [2.75, 3.05) is 12.3 Å². The van der Waals surface area contributed by atoms with E-state index < -0.39 is 10.0 Å². The Balaban J connectivity index is 0.00000121. The third-order valence-electron chi connectivity index (χ3n) is 1.37. The second-order valence-corrected chi connectivity index (χ2v) is 4.53. The smallest absolute Gasteiger partial charge is 0.172 e. The van der Waals surface area contributed by atoms with Crippen molar-refractivity contribution in [2.24, 2.45) is 10.9 Å². The Labute approximate surface area is 85.6 Å². The number of sulfonamides is 1. The molecule has 0 atom stereocenters. The molecule has 0 saturated heterocycles. The van der Waals surface area contributed by atoms with Crippen LogP contribution in [0.4, 0.5) is 0 Å². The Morgan fingerprint density at radius 2 is 2.08 bits per heavy atom. The standard InChI is InChI=1S/C6H11N2O2S.Rh/c1-5(2)6-7-3-4-11(9,10)8-6;/h5H,3-4H2,1-2H3;/q-1;. The molecule has 0 N–H and O–H groups in total. The molecule has 0 unspecified atom stereocenters. The van der Waals surface area contributed by atoms with Crippen LogP contribution in [0, 0.1) is 5.92 Å². The van der Waals surface area contributed by atoms with E-state index in [0.29, 0.717) is 12.4 Å². The fourth-order valence-corrected chi connectivity index (χ4v) is 1.75. The molecule has 1 aliphatic heterocycles. The van der Waals surface area contributed by atoms with Gasteiger partial charge in [-0.15, -0.1) is 0 Å². The van der Waals surface area contributed by atoms with Crippen molar-refractivity contribution < 1.29 is 27.9 Å². The molecule has 0 spiro atoms. The molecule has 4 nitrogen and oxygen atoms in total. The van der Waals surface area contributed by atoms with Crippen molar-refractivity contribution in [1.29, 1.82) is 0 Å². The second kappa shape index (κ2) is 4.33. The minimum atomic E-state index is -3.18. The number of rotatable bonds is 1. The van der Waals surface area contributed by atoms with Gasteiger partial charge >= 0.3 is 0 Å². The average molecular weight is 278 g/mol. The van der Waals surface area contributed by atoms with Crippen LogP contribution in [0.2, 0.25) is 0 Å². The zero-order valence-corrected chi connectivity index (χ0v) is 9.40. The predicted molar refractivity (Wildman–Crippen MR) is 44.3 cm³/mol. The largest absolute Gasteiger partial charge is 0.467 e. The SMILES string of the molecule is CC(C)C1=NCCS(=O)(=O)[N-]1.[Rh]. The van der Waals surface area contributed by atoms with Crippen LogP contribution in [0.25, 0.3) is 4.72 Å². The molecular weight excluding hydrogens is 267 g/mol. The molecule has 0 amide bonds. The molecule has 73 valence electrons. The van der Waals surface area contributed by atoms with Gasteiger partial charge in [0.15, 0.2) is 10.0 Å². The number of aliphatic imine (C=N–C) groups is 1. The molecule has 1 radical (unpaired) electrons. The fourth-order valence-electron chi connectivity index (χ4n) is 0.781. The van der Waals surface area contributed by atoms with Crippen molar-refractivity contribution in [3.05, 3.63) is 4.72 Å². The summed E-state index contributed by atoms with van der Waals surface area (Å²) in [5, 5.41) is 0. The number of hydrogen-bond donors (Lipinski definition) is 0. The molecule has 0 aliphatic carbocycles. The fraction of sp³-hybridized carbons (Fsp3) is 0.833. The van der Waals surface area contributed by atoms with Crippen LogP contribution in [-0.2, 0) is 29.5 Å². The molecule has 0 aromatic rings. The molecule has 1 rings (SSSR count). The molecule has 0 aromatic carbocycles. The van der Waals surface area contributed by atoms with E-state index in [2.05, 4.69) is 9.71 Å². The number of hydrogen-bond acceptors (Lipinski definition) is 3. The van der Waals surface area contributed by atoms with Gasteiger partial charge in [0.05, 0.1) is 5.75 Å². The maximum absolute atomic E-state index is 10.9. The van der Waals surface area contributed by atoms with E-state index in [1.807, 2.05) is 13.8 Å². The van der Waals surface area contributed by atoms with E-state index in [1.54, 1.807) is 0 Å². The summed E-state index contributed by atoms with van der Waals surface area (Å²) in [6.07, 6.45) is 0. The molecule has 12 heavy (non-hydrogen) atoms. The predicted octanol–water partition coefficient (Wildman–Crippen LogP) is 0.756. The molecular formula is C6H11N2O2RhS-. The summed E-state index contributed by atoms with van der Waals surface area (Å²) in [6.45, 7) is 4.12. The van der Waals surface area contributed by atoms with E-state index in [9.17, 15) is 8.42 Å². The van der Waals surface area contributed by atoms with Gasteiger partial charge in [0.2, 0.25) is 0 Å². The first-order valence-electron chi connectivity index (χ1n) is 3.51. The summed E-state index contributed by atoms with van der Waals surface area (Å²) in [4.78, 5) is 4.00. The van der Waals surface area contributed by atoms with Gasteiger partial charge in [0.1, 0.15) is 0 Å². The van der Waals surface area contributed by atoms with Gasteiger partial charge in [0.25, 0.3) is 0 Å². The van der Waals surface area contributed by atoms with E-state index in [1.165, 1.54) is 0 Å². The van der Waals surface area contributed by atoms with Gasteiger partial charge in [-0.3, -0.25) is 0 Å². The average Bonchev–Trinajstić information content (AvgIpc) is 1.85. The molecule has 6 heteroatoms. The van der Waals surface area contributed by atoms with Gasteiger partial charge in [0, 0.05) is 19.5 Å². The summed E-state index contributed by atoms with van der Waals surface area (Å²) in [5.41, 5.74) is 0. The first-order valence-corrected chi connectivity index (χ1v) is 5.12. The van der Waals surface area contributed by atoms with E-state index in [0.717, 1.165) is 0 Å². The van der Waals surface area contributed by atoms with Crippen LogP contribution in [0.1, 0.15) is 13.8 Å². The van der Waals surface area contributed by atoms with Gasteiger partial charge in [-0.05, 0) is 12.5 Å². The van der Waals surface area contributed by atoms with Crippen molar-refractivity contribution in [1.82, 2.24) is 0 Å². The molecule has 0 bridgehead atoms. The number of amidine groups is 1. The summed E-state index contributed by atoms with van der Waals surface area (Å²) in [6, 6.07) is 0. The second-order valence-electron chi connectivity index (χ2n) is 2.77. The quantitative estimate of drug-likeness (QED) is 0.665. The summed E-state index contributed by atoms with van der Waals surface area (Å²) >= 11 is 0. The topological polar surface area (TPSA) is 60.6 Å².